The van der Waals surface area contributed by atoms with Crippen molar-refractivity contribution in [3.8, 4) is 0 Å². The Morgan fingerprint density at radius 2 is 2.14 bits per heavy atom. The monoisotopic (exact) mass is 101 g/mol. The van der Waals surface area contributed by atoms with Crippen LogP contribution in [0.5, 0.6) is 0 Å². The Hall–Kier alpha value is -0.790. The van der Waals surface area contributed by atoms with Gasteiger partial charge >= 0.3 is 0 Å². The van der Waals surface area contributed by atoms with Crippen LogP contribution in [0.25, 0.3) is 0 Å². The zero-order valence-corrected chi connectivity index (χ0v) is 4.64. The number of likely N-dealkylation sites (N-methyl/N-ethyl adjacent to an activating group) is 1. The van der Waals surface area contributed by atoms with E-state index in [1.54, 1.807) is 14.1 Å². The molecule has 0 atom stereocenters. The van der Waals surface area contributed by atoms with Crippen LogP contribution in [0, 0.1) is 0 Å². The summed E-state index contributed by atoms with van der Waals surface area (Å²) in [6.45, 7) is 3.29. The molecule has 0 aromatic heterocycles. The van der Waals surface area contributed by atoms with Crippen LogP contribution >= 0.6 is 0 Å². The average Bonchev–Trinajstić information content (AvgIpc) is 1.65. The van der Waals surface area contributed by atoms with Gasteiger partial charge in [0, 0.05) is 14.1 Å². The van der Waals surface area contributed by atoms with Gasteiger partial charge in [-0.3, -0.25) is 4.79 Å². The molecule has 0 N–H and O–H groups in total. The van der Waals surface area contributed by atoms with Crippen LogP contribution in [0.3, 0.4) is 0 Å². The third kappa shape index (κ3) is 1.98. The summed E-state index contributed by atoms with van der Waals surface area (Å²) in [5.74, 6) is -0.0556. The molecular formula is C5H9NO. The van der Waals surface area contributed by atoms with E-state index < -0.39 is 0 Å². The lowest BCUT2D eigenvalue weighted by Gasteiger charge is -2.03. The van der Waals surface area contributed by atoms with Crippen molar-refractivity contribution in [2.45, 2.75) is 0 Å². The van der Waals surface area contributed by atoms with Gasteiger partial charge in [0.2, 0.25) is 5.91 Å². The predicted molar refractivity (Wildman–Crippen MR) is 28.9 cm³/mol. The molecule has 0 aliphatic heterocycles. The minimum absolute atomic E-state index is 0.0556. The lowest BCUT2D eigenvalue weighted by Crippen LogP contribution is -2.18. The van der Waals surface area contributed by atoms with Crippen molar-refractivity contribution in [2.75, 3.05) is 14.1 Å². The highest BCUT2D eigenvalue weighted by Gasteiger charge is 1.91. The summed E-state index contributed by atoms with van der Waals surface area (Å²) in [4.78, 5) is 11.8. The van der Waals surface area contributed by atoms with Crippen molar-refractivity contribution in [3.05, 3.63) is 12.7 Å². The number of hydrogen-bond acceptors (Lipinski definition) is 1. The summed E-state index contributed by atoms with van der Waals surface area (Å²) in [6, 6.07) is 0. The Balaban J connectivity index is 3.56. The van der Waals surface area contributed by atoms with Crippen LogP contribution in [0.1, 0.15) is 0 Å². The van der Waals surface area contributed by atoms with Crippen LogP contribution in [0.15, 0.2) is 12.7 Å². The number of hydrogen-bond donors (Lipinski definition) is 0. The molecule has 0 aliphatic rings. The molecule has 0 unspecified atom stereocenters. The first-order valence-electron chi connectivity index (χ1n) is 2.02. The van der Waals surface area contributed by atoms with Gasteiger partial charge in [0.05, 0.1) is 0 Å². The van der Waals surface area contributed by atoms with Crippen molar-refractivity contribution in [2.24, 2.45) is 0 Å². The maximum absolute atomic E-state index is 10.3. The van der Waals surface area contributed by atoms with Crippen molar-refractivity contribution >= 4 is 5.91 Å². The van der Waals surface area contributed by atoms with E-state index in [9.17, 15) is 4.79 Å². The van der Waals surface area contributed by atoms with Crippen molar-refractivity contribution in [1.82, 2.24) is 4.90 Å². The van der Waals surface area contributed by atoms with E-state index in [0.717, 1.165) is 0 Å². The summed E-state index contributed by atoms with van der Waals surface area (Å²) in [5, 5.41) is 0. The van der Waals surface area contributed by atoms with Gasteiger partial charge in [0.15, 0.2) is 0 Å². The minimum atomic E-state index is -0.0556. The molecule has 2 heteroatoms. The van der Waals surface area contributed by atoms with E-state index >= 15 is 0 Å². The summed E-state index contributed by atoms with van der Waals surface area (Å²) in [7, 11) is 3.37. The predicted octanol–water partition coefficient (Wildman–Crippen LogP) is 0.261. The Morgan fingerprint density at radius 1 is 1.71 bits per heavy atom. The molecule has 0 radical (unpaired) electrons. The van der Waals surface area contributed by atoms with Gasteiger partial charge in [-0.05, 0) is 6.08 Å². The van der Waals surface area contributed by atoms with E-state index in [0.29, 0.717) is 0 Å². The Kier molecular flexibility index (Phi) is 2.12. The van der Waals surface area contributed by atoms with E-state index in [1.807, 2.05) is 0 Å². The van der Waals surface area contributed by atoms with Crippen LogP contribution in [0.2, 0.25) is 0 Å². The minimum Gasteiger partial charge on any atom is -0.345 e. The molecule has 0 saturated heterocycles. The molecule has 0 aromatic carbocycles. The average molecular weight is 101 g/mol. The molecule has 0 bridgehead atoms. The molecule has 7 heavy (non-hydrogen) atoms. The standard InChI is InChI=1S/C5H9NO/c1-4-5(7)6(2)3/h4H,1H2,2-3H3/i5+1,6+1. The van der Waals surface area contributed by atoms with E-state index in [2.05, 4.69) is 6.58 Å². The van der Waals surface area contributed by atoms with Gasteiger partial charge in [0.25, 0.3) is 0 Å². The highest BCUT2D eigenvalue weighted by molar-refractivity contribution is 5.86. The second kappa shape index (κ2) is 2.39. The smallest absolute Gasteiger partial charge is 0.245 e. The van der Waals surface area contributed by atoms with E-state index in [1.165, 1.54) is 11.0 Å². The summed E-state index contributed by atoms with van der Waals surface area (Å²) in [5.41, 5.74) is 0. The van der Waals surface area contributed by atoms with E-state index in [4.69, 9.17) is 0 Å². The van der Waals surface area contributed by atoms with Crippen molar-refractivity contribution in [3.63, 3.8) is 0 Å². The third-order valence-corrected chi connectivity index (χ3v) is 0.615. The molecule has 40 valence electrons. The van der Waals surface area contributed by atoms with Crippen LogP contribution < -0.4 is 0 Å². The second-order valence-electron chi connectivity index (χ2n) is 1.44. The van der Waals surface area contributed by atoms with E-state index in [-0.39, 0.29) is 5.91 Å². The fourth-order valence-corrected chi connectivity index (χ4v) is 0.183. The molecule has 0 saturated carbocycles. The Bertz CT molecular complexity index is 86.1. The lowest BCUT2D eigenvalue weighted by molar-refractivity contribution is -0.123. The SMILES string of the molecule is C=C[13C](=O)[15N](C)C. The molecule has 0 rings (SSSR count). The Labute approximate surface area is 43.4 Å². The topological polar surface area (TPSA) is 20.3 Å². The third-order valence-electron chi connectivity index (χ3n) is 0.615. The molecule has 1 amide bonds. The summed E-state index contributed by atoms with van der Waals surface area (Å²) in [6.07, 6.45) is 1.28. The number of carbonyl (C=O) groups excluding carboxylic acids is 1. The van der Waals surface area contributed by atoms with Crippen molar-refractivity contribution < 1.29 is 4.79 Å². The van der Waals surface area contributed by atoms with Gasteiger partial charge < -0.3 is 4.90 Å². The molecule has 0 aliphatic carbocycles. The highest BCUT2D eigenvalue weighted by atomic mass is 16.3. The zero-order valence-electron chi connectivity index (χ0n) is 4.64. The van der Waals surface area contributed by atoms with Gasteiger partial charge in [0.1, 0.15) is 0 Å². The second-order valence-corrected chi connectivity index (χ2v) is 1.44. The zero-order chi connectivity index (χ0) is 5.86. The van der Waals surface area contributed by atoms with Gasteiger partial charge in [-0.2, -0.15) is 0 Å². The molecule has 0 heterocycles. The largest absolute Gasteiger partial charge is 0.345 e. The van der Waals surface area contributed by atoms with Crippen LogP contribution in [-0.4, -0.2) is 24.9 Å². The molecule has 0 spiro atoms. The van der Waals surface area contributed by atoms with Crippen LogP contribution in [-0.2, 0) is 4.79 Å². The highest BCUT2D eigenvalue weighted by Crippen LogP contribution is 1.74. The molecule has 0 aromatic rings. The normalized spacial score (nSPS) is 7.71. The number of amides is 1. The van der Waals surface area contributed by atoms with Gasteiger partial charge in [-0.1, -0.05) is 6.58 Å². The maximum Gasteiger partial charge on any atom is 0.245 e. The number of carbonyl (C=O) groups is 1. The fraction of sp³-hybridized carbons (Fsp3) is 0.400. The van der Waals surface area contributed by atoms with Gasteiger partial charge in [-0.25, -0.2) is 0 Å². The maximum atomic E-state index is 10.3. The fourth-order valence-electron chi connectivity index (χ4n) is 0.183. The summed E-state index contributed by atoms with van der Waals surface area (Å²) < 4.78 is 0. The first-order chi connectivity index (χ1) is 3.18. The first-order valence-corrected chi connectivity index (χ1v) is 2.02. The first kappa shape index (κ1) is 6.21. The quantitative estimate of drug-likeness (QED) is 0.263. The molecule has 2 nitrogen and oxygen atoms in total. The lowest BCUT2D eigenvalue weighted by atomic mass is 10.9. The summed E-state index contributed by atoms with van der Waals surface area (Å²) >= 11 is 0. The molecule has 0 fully saturated rings. The Morgan fingerprint density at radius 3 is 2.14 bits per heavy atom. The molecular weight excluding hydrogens is 92.0 g/mol. The number of rotatable bonds is 1. The van der Waals surface area contributed by atoms with Crippen molar-refractivity contribution in [1.29, 1.82) is 0 Å². The number of nitrogens with zero attached hydrogens (tertiary/aromatic N) is 1. The van der Waals surface area contributed by atoms with Gasteiger partial charge in [-0.15, -0.1) is 0 Å². The van der Waals surface area contributed by atoms with Crippen LogP contribution in [0.4, 0.5) is 0 Å².